The van der Waals surface area contributed by atoms with Crippen LogP contribution in [0.2, 0.25) is 0 Å². The van der Waals surface area contributed by atoms with Crippen molar-refractivity contribution in [3.63, 3.8) is 0 Å². The summed E-state index contributed by atoms with van der Waals surface area (Å²) in [6.45, 7) is 0.163. The molecule has 29 heavy (non-hydrogen) atoms. The van der Waals surface area contributed by atoms with Gasteiger partial charge in [0, 0.05) is 24.5 Å². The molecule has 2 aromatic carbocycles. The lowest BCUT2D eigenvalue weighted by molar-refractivity contribution is 0.402. The predicted octanol–water partition coefficient (Wildman–Crippen LogP) is 2.68. The number of thioether (sulfide) groups is 1. The molecule has 0 spiro atoms. The van der Waals surface area contributed by atoms with E-state index in [1.54, 1.807) is 18.9 Å². The fourth-order valence-corrected chi connectivity index (χ4v) is 5.79. The van der Waals surface area contributed by atoms with Crippen LogP contribution in [0.4, 0.5) is 0 Å². The maximum absolute atomic E-state index is 12.9. The summed E-state index contributed by atoms with van der Waals surface area (Å²) >= 11 is 1.55. The molecule has 1 aliphatic carbocycles. The topological polar surface area (TPSA) is 92.8 Å². The Labute approximate surface area is 176 Å². The van der Waals surface area contributed by atoms with E-state index in [9.17, 15) is 16.8 Å². The van der Waals surface area contributed by atoms with Gasteiger partial charge in [-0.05, 0) is 61.1 Å². The van der Waals surface area contributed by atoms with Crippen molar-refractivity contribution in [3.05, 3.63) is 48.0 Å². The van der Waals surface area contributed by atoms with E-state index in [0.29, 0.717) is 5.75 Å². The molecule has 0 heterocycles. The zero-order valence-corrected chi connectivity index (χ0v) is 18.9. The van der Waals surface area contributed by atoms with Gasteiger partial charge in [0.15, 0.2) is 0 Å². The lowest BCUT2D eigenvalue weighted by Crippen LogP contribution is -2.27. The van der Waals surface area contributed by atoms with Crippen LogP contribution in [0.3, 0.4) is 0 Å². The van der Waals surface area contributed by atoms with Crippen molar-refractivity contribution >= 4 is 31.8 Å². The summed E-state index contributed by atoms with van der Waals surface area (Å²) in [7, 11) is -4.32. The summed E-state index contributed by atoms with van der Waals surface area (Å²) in [5.41, 5.74) is 0.790. The van der Waals surface area contributed by atoms with Crippen molar-refractivity contribution in [1.82, 2.24) is 9.03 Å². The Balaban J connectivity index is 1.77. The van der Waals surface area contributed by atoms with Crippen LogP contribution in [-0.2, 0) is 26.6 Å². The number of nitrogens with one attached hydrogen (secondary N) is 1. The molecular weight excluding hydrogens is 432 g/mol. The van der Waals surface area contributed by atoms with Crippen LogP contribution in [0.1, 0.15) is 18.4 Å². The Hall–Kier alpha value is -1.59. The van der Waals surface area contributed by atoms with E-state index >= 15 is 0 Å². The molecule has 10 heteroatoms. The molecule has 0 atom stereocenters. The van der Waals surface area contributed by atoms with Gasteiger partial charge >= 0.3 is 0 Å². The third kappa shape index (κ3) is 5.13. The number of nitrogens with zero attached hydrogens (tertiary/aromatic N) is 1. The predicted molar refractivity (Wildman–Crippen MR) is 113 cm³/mol. The number of sulfonamides is 2. The number of ether oxygens (including phenoxy) is 1. The Morgan fingerprint density at radius 2 is 1.69 bits per heavy atom. The van der Waals surface area contributed by atoms with Gasteiger partial charge in [0.2, 0.25) is 20.0 Å². The fraction of sp³-hybridized carbons (Fsp3) is 0.368. The fourth-order valence-electron chi connectivity index (χ4n) is 2.78. The summed E-state index contributed by atoms with van der Waals surface area (Å²) < 4.78 is 59.4. The van der Waals surface area contributed by atoms with Crippen molar-refractivity contribution in [3.8, 4) is 5.75 Å². The number of hydrogen-bond donors (Lipinski definition) is 1. The number of methoxy groups -OCH3 is 1. The first kappa shape index (κ1) is 22.1. The zero-order chi connectivity index (χ0) is 21.2. The first-order chi connectivity index (χ1) is 13.7. The molecule has 7 nitrogen and oxygen atoms in total. The third-order valence-corrected chi connectivity index (χ3v) is 8.73. The second-order valence-corrected chi connectivity index (χ2v) is 11.4. The standard InChI is InChI=1S/C19H24N2O5S3/c1-21(13-14-4-11-19(27-3)18(12-14)26-2)29(24,25)17-9-7-16(8-10-17)28(22,23)20-15-5-6-15/h4,7-12,15,20H,5-6,13H2,1-3H3. The number of hydrogen-bond acceptors (Lipinski definition) is 6. The van der Waals surface area contributed by atoms with E-state index in [-0.39, 0.29) is 22.4 Å². The van der Waals surface area contributed by atoms with Crippen LogP contribution < -0.4 is 9.46 Å². The van der Waals surface area contributed by atoms with Gasteiger partial charge in [-0.15, -0.1) is 11.8 Å². The maximum Gasteiger partial charge on any atom is 0.243 e. The average molecular weight is 457 g/mol. The highest BCUT2D eigenvalue weighted by molar-refractivity contribution is 7.98. The lowest BCUT2D eigenvalue weighted by atomic mass is 10.2. The first-order valence-electron chi connectivity index (χ1n) is 8.97. The molecule has 1 N–H and O–H groups in total. The molecule has 0 unspecified atom stereocenters. The van der Waals surface area contributed by atoms with Gasteiger partial charge in [-0.1, -0.05) is 6.07 Å². The average Bonchev–Trinajstić information content (AvgIpc) is 3.51. The molecule has 0 aromatic heterocycles. The lowest BCUT2D eigenvalue weighted by Gasteiger charge is -2.18. The Bertz CT molecular complexity index is 1080. The van der Waals surface area contributed by atoms with Crippen LogP contribution in [0, 0.1) is 0 Å². The highest BCUT2D eigenvalue weighted by atomic mass is 32.2. The normalized spacial score (nSPS) is 14.9. The van der Waals surface area contributed by atoms with Crippen molar-refractivity contribution < 1.29 is 21.6 Å². The summed E-state index contributed by atoms with van der Waals surface area (Å²) in [6, 6.07) is 10.9. The van der Waals surface area contributed by atoms with E-state index in [1.165, 1.54) is 35.6 Å². The molecule has 0 radical (unpaired) electrons. The van der Waals surface area contributed by atoms with Gasteiger partial charge in [-0.25, -0.2) is 21.6 Å². The van der Waals surface area contributed by atoms with Gasteiger partial charge in [0.05, 0.1) is 16.9 Å². The third-order valence-electron chi connectivity index (χ3n) is 4.59. The highest BCUT2D eigenvalue weighted by Gasteiger charge is 2.28. The van der Waals surface area contributed by atoms with E-state index < -0.39 is 20.0 Å². The number of benzene rings is 2. The molecule has 0 amide bonds. The van der Waals surface area contributed by atoms with E-state index in [2.05, 4.69) is 4.72 Å². The molecule has 0 saturated heterocycles. The second-order valence-electron chi connectivity index (χ2n) is 6.82. The van der Waals surface area contributed by atoms with Crippen molar-refractivity contribution in [2.24, 2.45) is 0 Å². The van der Waals surface area contributed by atoms with Crippen molar-refractivity contribution in [2.45, 2.75) is 40.1 Å². The molecule has 0 aliphatic heterocycles. The maximum atomic E-state index is 12.9. The molecule has 0 bridgehead atoms. The van der Waals surface area contributed by atoms with Crippen LogP contribution in [0.15, 0.2) is 57.2 Å². The minimum atomic E-state index is -3.77. The molecule has 3 rings (SSSR count). The Morgan fingerprint density at radius 1 is 1.07 bits per heavy atom. The Morgan fingerprint density at radius 3 is 2.24 bits per heavy atom. The summed E-state index contributed by atoms with van der Waals surface area (Å²) in [5, 5.41) is 0. The molecular formula is C19H24N2O5S3. The number of rotatable bonds is 9. The van der Waals surface area contributed by atoms with Gasteiger partial charge in [-0.3, -0.25) is 0 Å². The van der Waals surface area contributed by atoms with Crippen LogP contribution in [0.25, 0.3) is 0 Å². The SMILES string of the molecule is COc1cc(CN(C)S(=O)(=O)c2ccc(S(=O)(=O)NC3CC3)cc2)ccc1SC. The van der Waals surface area contributed by atoms with E-state index in [4.69, 9.17) is 4.74 Å². The van der Waals surface area contributed by atoms with E-state index in [0.717, 1.165) is 23.3 Å². The summed E-state index contributed by atoms with van der Waals surface area (Å²) in [4.78, 5) is 1.07. The first-order valence-corrected chi connectivity index (χ1v) is 13.1. The van der Waals surface area contributed by atoms with Crippen LogP contribution >= 0.6 is 11.8 Å². The van der Waals surface area contributed by atoms with Gasteiger partial charge in [0.25, 0.3) is 0 Å². The van der Waals surface area contributed by atoms with Gasteiger partial charge < -0.3 is 4.74 Å². The molecule has 158 valence electrons. The smallest absolute Gasteiger partial charge is 0.243 e. The summed E-state index contributed by atoms with van der Waals surface area (Å²) in [6.07, 6.45) is 3.61. The van der Waals surface area contributed by atoms with Gasteiger partial charge in [0.1, 0.15) is 5.75 Å². The molecule has 1 saturated carbocycles. The van der Waals surface area contributed by atoms with Crippen LogP contribution in [-0.4, -0.2) is 47.6 Å². The molecule has 2 aromatic rings. The van der Waals surface area contributed by atoms with Crippen molar-refractivity contribution in [2.75, 3.05) is 20.4 Å². The monoisotopic (exact) mass is 456 g/mol. The Kier molecular flexibility index (Phi) is 6.59. The highest BCUT2D eigenvalue weighted by Crippen LogP contribution is 2.29. The van der Waals surface area contributed by atoms with E-state index in [1.807, 2.05) is 24.5 Å². The van der Waals surface area contributed by atoms with Gasteiger partial charge in [-0.2, -0.15) is 4.31 Å². The molecule has 1 aliphatic rings. The summed E-state index contributed by atoms with van der Waals surface area (Å²) in [5.74, 6) is 0.693. The van der Waals surface area contributed by atoms with Crippen molar-refractivity contribution in [1.29, 1.82) is 0 Å². The second kappa shape index (κ2) is 8.65. The quantitative estimate of drug-likeness (QED) is 0.583. The minimum absolute atomic E-state index is 0.0102. The largest absolute Gasteiger partial charge is 0.496 e. The zero-order valence-electron chi connectivity index (χ0n) is 16.5. The van der Waals surface area contributed by atoms with Crippen LogP contribution in [0.5, 0.6) is 5.75 Å². The minimum Gasteiger partial charge on any atom is -0.496 e. The molecule has 1 fully saturated rings.